The predicted octanol–water partition coefficient (Wildman–Crippen LogP) is 3.90. The molecule has 35 heavy (non-hydrogen) atoms. The number of piperidine rings is 1. The zero-order chi connectivity index (χ0) is 24.4. The van der Waals surface area contributed by atoms with Crippen molar-refractivity contribution in [1.82, 2.24) is 29.4 Å². The van der Waals surface area contributed by atoms with E-state index in [0.29, 0.717) is 42.1 Å². The van der Waals surface area contributed by atoms with Crippen molar-refractivity contribution in [1.29, 1.82) is 0 Å². The van der Waals surface area contributed by atoms with Gasteiger partial charge in [0.2, 0.25) is 11.1 Å². The molecule has 0 bridgehead atoms. The Labute approximate surface area is 210 Å². The topological polar surface area (TPSA) is 83.7 Å². The molecular weight excluding hydrogens is 460 g/mol. The molecule has 2 amide bonds. The molecule has 2 aliphatic heterocycles. The number of rotatable bonds is 6. The first kappa shape index (κ1) is 23.8. The van der Waals surface area contributed by atoms with Gasteiger partial charge >= 0.3 is 0 Å². The maximum Gasteiger partial charge on any atom is 0.254 e. The quantitative estimate of drug-likeness (QED) is 0.486. The van der Waals surface area contributed by atoms with E-state index in [9.17, 15) is 9.59 Å². The van der Waals surface area contributed by atoms with Gasteiger partial charge in [-0.3, -0.25) is 9.59 Å². The second kappa shape index (κ2) is 10.4. The minimum absolute atomic E-state index is 0.0709. The van der Waals surface area contributed by atoms with Gasteiger partial charge in [-0.15, -0.1) is 5.10 Å². The fraction of sp³-hybridized carbons (Fsp3) is 0.500. The third-order valence-electron chi connectivity index (χ3n) is 7.03. The van der Waals surface area contributed by atoms with E-state index in [1.807, 2.05) is 54.0 Å². The highest BCUT2D eigenvalue weighted by atomic mass is 32.2. The maximum absolute atomic E-state index is 13.4. The second-order valence-electron chi connectivity index (χ2n) is 9.62. The van der Waals surface area contributed by atoms with Crippen LogP contribution in [0.2, 0.25) is 0 Å². The molecular formula is C26H32N6O2S. The van der Waals surface area contributed by atoms with Crippen molar-refractivity contribution >= 4 is 29.4 Å². The molecule has 5 rings (SSSR count). The minimum atomic E-state index is 0.0709. The van der Waals surface area contributed by atoms with Crippen molar-refractivity contribution in [2.24, 2.45) is 5.92 Å². The minimum Gasteiger partial charge on any atom is -0.343 e. The zero-order valence-corrected chi connectivity index (χ0v) is 21.3. The Morgan fingerprint density at radius 2 is 1.74 bits per heavy atom. The van der Waals surface area contributed by atoms with Gasteiger partial charge in [-0.1, -0.05) is 30.0 Å². The van der Waals surface area contributed by atoms with Crippen LogP contribution in [0.25, 0.3) is 5.78 Å². The number of carbonyl (C=O) groups excluding carboxylic acids is 2. The van der Waals surface area contributed by atoms with E-state index in [4.69, 9.17) is 0 Å². The Morgan fingerprint density at radius 3 is 2.51 bits per heavy atom. The lowest BCUT2D eigenvalue weighted by Crippen LogP contribution is -2.40. The molecule has 4 heterocycles. The van der Waals surface area contributed by atoms with Crippen molar-refractivity contribution in [3.05, 3.63) is 52.8 Å². The van der Waals surface area contributed by atoms with Gasteiger partial charge in [-0.05, 0) is 63.1 Å². The Kier molecular flexibility index (Phi) is 7.04. The molecule has 3 aromatic rings. The number of hydrogen-bond acceptors (Lipinski definition) is 6. The molecule has 0 unspecified atom stereocenters. The molecule has 2 aromatic heterocycles. The molecule has 0 spiro atoms. The Balaban J connectivity index is 1.20. The summed E-state index contributed by atoms with van der Waals surface area (Å²) in [6.07, 6.45) is 4.65. The van der Waals surface area contributed by atoms with Crippen LogP contribution in [0, 0.1) is 19.8 Å². The van der Waals surface area contributed by atoms with E-state index >= 15 is 0 Å². The third-order valence-corrected chi connectivity index (χ3v) is 7.91. The summed E-state index contributed by atoms with van der Waals surface area (Å²) in [5, 5.41) is 5.22. The van der Waals surface area contributed by atoms with Gasteiger partial charge in [0.05, 0.1) is 0 Å². The average Bonchev–Trinajstić information content (AvgIpc) is 3.53. The number of benzene rings is 1. The molecule has 0 aliphatic carbocycles. The van der Waals surface area contributed by atoms with E-state index in [1.165, 1.54) is 11.8 Å². The van der Waals surface area contributed by atoms with Gasteiger partial charge in [-0.25, -0.2) is 9.50 Å². The van der Waals surface area contributed by atoms with Crippen molar-refractivity contribution in [3.8, 4) is 0 Å². The van der Waals surface area contributed by atoms with E-state index in [0.717, 1.165) is 61.3 Å². The fourth-order valence-corrected chi connectivity index (χ4v) is 5.88. The molecule has 0 atom stereocenters. The van der Waals surface area contributed by atoms with E-state index in [2.05, 4.69) is 15.1 Å². The first-order chi connectivity index (χ1) is 17.0. The van der Waals surface area contributed by atoms with Gasteiger partial charge in [0, 0.05) is 55.3 Å². The monoisotopic (exact) mass is 492 g/mol. The van der Waals surface area contributed by atoms with Gasteiger partial charge in [0.25, 0.3) is 11.7 Å². The summed E-state index contributed by atoms with van der Waals surface area (Å²) >= 11 is 1.52. The van der Waals surface area contributed by atoms with Crippen LogP contribution in [0.15, 0.2) is 35.5 Å². The molecule has 2 saturated heterocycles. The number of aromatic nitrogens is 4. The lowest BCUT2D eigenvalue weighted by molar-refractivity contribution is -0.131. The average molecular weight is 493 g/mol. The fourth-order valence-electron chi connectivity index (χ4n) is 5.06. The van der Waals surface area contributed by atoms with Crippen LogP contribution in [0.1, 0.15) is 59.4 Å². The van der Waals surface area contributed by atoms with Gasteiger partial charge in [-0.2, -0.15) is 4.98 Å². The number of carbonyl (C=O) groups is 2. The van der Waals surface area contributed by atoms with E-state index in [-0.39, 0.29) is 11.8 Å². The van der Waals surface area contributed by atoms with Crippen LogP contribution in [0.5, 0.6) is 0 Å². The van der Waals surface area contributed by atoms with Crippen LogP contribution < -0.4 is 0 Å². The van der Waals surface area contributed by atoms with Crippen molar-refractivity contribution in [2.45, 2.75) is 56.9 Å². The molecule has 9 heteroatoms. The molecule has 184 valence electrons. The van der Waals surface area contributed by atoms with Crippen LogP contribution in [-0.4, -0.2) is 67.4 Å². The summed E-state index contributed by atoms with van der Waals surface area (Å²) in [6, 6.07) is 9.78. The summed E-state index contributed by atoms with van der Waals surface area (Å²) in [5.41, 5.74) is 3.63. The number of likely N-dealkylation sites (tertiary alicyclic amines) is 2. The van der Waals surface area contributed by atoms with Gasteiger partial charge < -0.3 is 9.80 Å². The smallest absolute Gasteiger partial charge is 0.254 e. The Hall–Kier alpha value is -2.94. The summed E-state index contributed by atoms with van der Waals surface area (Å²) in [7, 11) is 0. The lowest BCUT2D eigenvalue weighted by Gasteiger charge is -2.33. The molecule has 0 N–H and O–H groups in total. The molecule has 2 fully saturated rings. The van der Waals surface area contributed by atoms with Crippen LogP contribution in [0.3, 0.4) is 0 Å². The standard InChI is InChI=1S/C26H32N6O2S/c1-18-15-19(2)32-25(27-18)28-26(29-32)35-17-21-7-3-4-8-22(21)24(34)31-13-9-20(10-14-31)16-23(33)30-11-5-6-12-30/h3-4,7-8,15,20H,5-6,9-14,16-17H2,1-2H3. The third kappa shape index (κ3) is 5.34. The van der Waals surface area contributed by atoms with Gasteiger partial charge in [0.15, 0.2) is 0 Å². The first-order valence-electron chi connectivity index (χ1n) is 12.5. The van der Waals surface area contributed by atoms with Crippen LogP contribution in [-0.2, 0) is 10.5 Å². The summed E-state index contributed by atoms with van der Waals surface area (Å²) in [4.78, 5) is 38.8. The number of fused-ring (bicyclic) bond motifs is 1. The van der Waals surface area contributed by atoms with Gasteiger partial charge in [0.1, 0.15) is 0 Å². The Morgan fingerprint density at radius 1 is 1.00 bits per heavy atom. The number of aryl methyl sites for hydroxylation is 2. The number of thioether (sulfide) groups is 1. The molecule has 1 aromatic carbocycles. The highest BCUT2D eigenvalue weighted by molar-refractivity contribution is 7.98. The van der Waals surface area contributed by atoms with Crippen molar-refractivity contribution < 1.29 is 9.59 Å². The largest absolute Gasteiger partial charge is 0.343 e. The summed E-state index contributed by atoms with van der Waals surface area (Å²) in [5.74, 6) is 1.94. The SMILES string of the molecule is Cc1cc(C)n2nc(SCc3ccccc3C(=O)N3CCC(CC(=O)N4CCCC4)CC3)nc2n1. The lowest BCUT2D eigenvalue weighted by atomic mass is 9.92. The number of hydrogen-bond donors (Lipinski definition) is 0. The Bertz CT molecular complexity index is 1230. The van der Waals surface area contributed by atoms with Crippen LogP contribution >= 0.6 is 11.8 Å². The second-order valence-corrected chi connectivity index (χ2v) is 10.6. The molecule has 0 saturated carbocycles. The normalized spacial score (nSPS) is 16.9. The summed E-state index contributed by atoms with van der Waals surface area (Å²) < 4.78 is 1.75. The van der Waals surface area contributed by atoms with Crippen molar-refractivity contribution in [3.63, 3.8) is 0 Å². The highest BCUT2D eigenvalue weighted by Gasteiger charge is 2.28. The van der Waals surface area contributed by atoms with E-state index < -0.39 is 0 Å². The summed E-state index contributed by atoms with van der Waals surface area (Å²) in [6.45, 7) is 7.17. The zero-order valence-electron chi connectivity index (χ0n) is 20.4. The number of nitrogens with zero attached hydrogens (tertiary/aromatic N) is 6. The first-order valence-corrected chi connectivity index (χ1v) is 13.5. The van der Waals surface area contributed by atoms with Crippen molar-refractivity contribution in [2.75, 3.05) is 26.2 Å². The highest BCUT2D eigenvalue weighted by Crippen LogP contribution is 2.27. The molecule has 8 nitrogen and oxygen atoms in total. The number of amides is 2. The molecule has 0 radical (unpaired) electrons. The van der Waals surface area contributed by atoms with Crippen LogP contribution in [0.4, 0.5) is 0 Å². The maximum atomic E-state index is 13.4. The predicted molar refractivity (Wildman–Crippen MR) is 135 cm³/mol. The molecule has 2 aliphatic rings. The van der Waals surface area contributed by atoms with E-state index in [1.54, 1.807) is 4.52 Å².